The summed E-state index contributed by atoms with van der Waals surface area (Å²) in [5.74, 6) is 0.979. The van der Waals surface area contributed by atoms with Gasteiger partial charge in [0.15, 0.2) is 0 Å². The first kappa shape index (κ1) is 25.7. The van der Waals surface area contributed by atoms with Crippen LogP contribution in [0.15, 0.2) is 146 Å². The van der Waals surface area contributed by atoms with Crippen LogP contribution in [0.4, 0.5) is 0 Å². The number of hydrogen-bond acceptors (Lipinski definition) is 3. The number of aromatic nitrogens is 1. The summed E-state index contributed by atoms with van der Waals surface area (Å²) in [6.45, 7) is 2.13. The van der Waals surface area contributed by atoms with Crippen molar-refractivity contribution in [2.45, 2.75) is 19.0 Å². The number of hydrogen-bond donors (Lipinski definition) is 0. The van der Waals surface area contributed by atoms with E-state index in [0.29, 0.717) is 11.5 Å². The molecule has 40 heavy (non-hydrogen) atoms. The van der Waals surface area contributed by atoms with E-state index >= 15 is 4.57 Å². The third-order valence-electron chi connectivity index (χ3n) is 7.04. The summed E-state index contributed by atoms with van der Waals surface area (Å²) < 4.78 is 30.3. The highest BCUT2D eigenvalue weighted by Crippen LogP contribution is 2.63. The fourth-order valence-corrected chi connectivity index (χ4v) is 7.24. The highest BCUT2D eigenvalue weighted by molar-refractivity contribution is 7.55. The Morgan fingerprint density at radius 3 is 1.80 bits per heavy atom. The average Bonchev–Trinajstić information content (AvgIpc) is 3.38. The lowest BCUT2D eigenvalue weighted by molar-refractivity contribution is 0.378. The molecule has 6 rings (SSSR count). The first-order chi connectivity index (χ1) is 19.6. The van der Waals surface area contributed by atoms with E-state index in [2.05, 4.69) is 47.7 Å². The SMILES string of the molecule is CCc1ccc(C(c2cc(-c3ccccc3)n3ccccc23)P(=O)(Oc2ccccc2)Oc2ccccc2)cc1. The highest BCUT2D eigenvalue weighted by Gasteiger charge is 2.43. The summed E-state index contributed by atoms with van der Waals surface area (Å²) in [6.07, 6.45) is 2.95. The Labute approximate surface area is 235 Å². The Balaban J connectivity index is 1.60. The van der Waals surface area contributed by atoms with Crippen LogP contribution in [0, 0.1) is 0 Å². The Morgan fingerprint density at radius 2 is 1.23 bits per heavy atom. The number of fused-ring (bicyclic) bond motifs is 1. The fraction of sp³-hybridized carbons (Fsp3) is 0.0857. The topological polar surface area (TPSA) is 39.9 Å². The first-order valence-electron chi connectivity index (χ1n) is 13.5. The van der Waals surface area contributed by atoms with Gasteiger partial charge in [-0.15, -0.1) is 0 Å². The molecule has 0 aliphatic heterocycles. The number of benzene rings is 4. The van der Waals surface area contributed by atoms with Gasteiger partial charge in [0.2, 0.25) is 0 Å². The molecule has 2 aromatic heterocycles. The maximum absolute atomic E-state index is 15.3. The predicted octanol–water partition coefficient (Wildman–Crippen LogP) is 9.61. The van der Waals surface area contributed by atoms with E-state index < -0.39 is 13.3 Å². The van der Waals surface area contributed by atoms with Crippen LogP contribution in [0.2, 0.25) is 0 Å². The zero-order chi connectivity index (χ0) is 27.4. The molecule has 0 N–H and O–H groups in total. The first-order valence-corrected chi connectivity index (χ1v) is 15.1. The Hall–Kier alpha value is -4.53. The summed E-state index contributed by atoms with van der Waals surface area (Å²) in [5.41, 5.74) is 5.26. The van der Waals surface area contributed by atoms with Gasteiger partial charge in [-0.25, -0.2) is 4.57 Å². The van der Waals surface area contributed by atoms with Crippen molar-refractivity contribution in [3.05, 3.63) is 162 Å². The minimum absolute atomic E-state index is 0.490. The lowest BCUT2D eigenvalue weighted by Crippen LogP contribution is -2.12. The van der Waals surface area contributed by atoms with E-state index in [1.165, 1.54) is 5.56 Å². The van der Waals surface area contributed by atoms with E-state index in [1.807, 2.05) is 109 Å². The van der Waals surface area contributed by atoms with Gasteiger partial charge in [0, 0.05) is 11.8 Å². The summed E-state index contributed by atoms with van der Waals surface area (Å²) in [4.78, 5) is 0. The van der Waals surface area contributed by atoms with Crippen molar-refractivity contribution in [1.82, 2.24) is 4.40 Å². The minimum Gasteiger partial charge on any atom is -0.415 e. The molecule has 5 heteroatoms. The average molecular weight is 544 g/mol. The van der Waals surface area contributed by atoms with Gasteiger partial charge in [-0.1, -0.05) is 104 Å². The summed E-state index contributed by atoms with van der Waals surface area (Å²) in [7, 11) is -3.94. The second kappa shape index (κ2) is 11.3. The van der Waals surface area contributed by atoms with Gasteiger partial charge in [0.25, 0.3) is 0 Å². The zero-order valence-corrected chi connectivity index (χ0v) is 23.2. The van der Waals surface area contributed by atoms with Gasteiger partial charge in [0.05, 0.1) is 11.2 Å². The van der Waals surface area contributed by atoms with Gasteiger partial charge < -0.3 is 13.4 Å². The molecule has 198 valence electrons. The van der Waals surface area contributed by atoms with Crippen molar-refractivity contribution in [3.63, 3.8) is 0 Å². The largest absolute Gasteiger partial charge is 0.442 e. The Bertz CT molecular complexity index is 1700. The lowest BCUT2D eigenvalue weighted by atomic mass is 10.0. The van der Waals surface area contributed by atoms with Crippen LogP contribution >= 0.6 is 7.60 Å². The summed E-state index contributed by atoms with van der Waals surface area (Å²) >= 11 is 0. The number of nitrogens with zero attached hydrogens (tertiary/aromatic N) is 1. The summed E-state index contributed by atoms with van der Waals surface area (Å²) in [5, 5.41) is 0. The molecule has 6 aromatic rings. The molecule has 1 atom stereocenters. The number of rotatable bonds is 9. The monoisotopic (exact) mass is 543 g/mol. The molecular formula is C35H30NO3P. The van der Waals surface area contributed by atoms with Gasteiger partial charge in [-0.05, 0) is 65.6 Å². The van der Waals surface area contributed by atoms with Crippen LogP contribution in [0.1, 0.15) is 29.3 Å². The van der Waals surface area contributed by atoms with Gasteiger partial charge in [0.1, 0.15) is 17.2 Å². The molecular weight excluding hydrogens is 513 g/mol. The molecule has 4 aromatic carbocycles. The Morgan fingerprint density at radius 1 is 0.675 bits per heavy atom. The van der Waals surface area contributed by atoms with Crippen LogP contribution in [-0.4, -0.2) is 4.40 Å². The van der Waals surface area contributed by atoms with E-state index in [0.717, 1.165) is 34.3 Å². The molecule has 0 aliphatic rings. The van der Waals surface area contributed by atoms with Crippen LogP contribution in [0.25, 0.3) is 16.8 Å². The maximum atomic E-state index is 15.3. The molecule has 4 nitrogen and oxygen atoms in total. The van der Waals surface area contributed by atoms with Crippen LogP contribution < -0.4 is 9.05 Å². The normalized spacial score (nSPS) is 12.2. The van der Waals surface area contributed by atoms with E-state index in [4.69, 9.17) is 9.05 Å². The molecule has 0 amide bonds. The minimum atomic E-state index is -3.94. The molecule has 0 bridgehead atoms. The van der Waals surface area contributed by atoms with E-state index in [1.54, 1.807) is 0 Å². The third-order valence-corrected chi connectivity index (χ3v) is 9.18. The molecule has 0 aliphatic carbocycles. The second-order valence-corrected chi connectivity index (χ2v) is 11.6. The van der Waals surface area contributed by atoms with E-state index in [-0.39, 0.29) is 0 Å². The molecule has 0 saturated carbocycles. The highest BCUT2D eigenvalue weighted by atomic mass is 31.2. The number of pyridine rings is 1. The smallest absolute Gasteiger partial charge is 0.415 e. The third kappa shape index (κ3) is 5.19. The van der Waals surface area contributed by atoms with Crippen LogP contribution in [0.5, 0.6) is 11.5 Å². The zero-order valence-electron chi connectivity index (χ0n) is 22.3. The molecule has 2 heterocycles. The van der Waals surface area contributed by atoms with Crippen molar-refractivity contribution < 1.29 is 13.6 Å². The maximum Gasteiger partial charge on any atom is 0.442 e. The fourth-order valence-electron chi connectivity index (χ4n) is 5.08. The second-order valence-electron chi connectivity index (χ2n) is 9.65. The van der Waals surface area contributed by atoms with Crippen molar-refractivity contribution >= 4 is 13.1 Å². The van der Waals surface area contributed by atoms with Crippen LogP contribution in [-0.2, 0) is 11.0 Å². The van der Waals surface area contributed by atoms with Gasteiger partial charge in [-0.2, -0.15) is 0 Å². The molecule has 0 saturated heterocycles. The van der Waals surface area contributed by atoms with Crippen LogP contribution in [0.3, 0.4) is 0 Å². The molecule has 0 fully saturated rings. The van der Waals surface area contributed by atoms with Gasteiger partial charge >= 0.3 is 7.60 Å². The quantitative estimate of drug-likeness (QED) is 0.171. The van der Waals surface area contributed by atoms with E-state index in [9.17, 15) is 0 Å². The van der Waals surface area contributed by atoms with Gasteiger partial charge in [-0.3, -0.25) is 0 Å². The number of para-hydroxylation sites is 2. The van der Waals surface area contributed by atoms with Crippen molar-refractivity contribution in [1.29, 1.82) is 0 Å². The lowest BCUT2D eigenvalue weighted by Gasteiger charge is -2.28. The molecule has 0 radical (unpaired) electrons. The summed E-state index contributed by atoms with van der Waals surface area (Å²) in [6, 6.07) is 45.3. The molecule has 1 unspecified atom stereocenters. The van der Waals surface area contributed by atoms with Crippen molar-refractivity contribution in [2.75, 3.05) is 0 Å². The predicted molar refractivity (Wildman–Crippen MR) is 162 cm³/mol. The van der Waals surface area contributed by atoms with Crippen molar-refractivity contribution in [3.8, 4) is 22.8 Å². The van der Waals surface area contributed by atoms with Crippen molar-refractivity contribution in [2.24, 2.45) is 0 Å². The Kier molecular flexibility index (Phi) is 7.27. The standard InChI is InChI=1S/C35H30NO3P/c1-2-27-21-23-29(24-22-27)35(32-26-34(28-14-6-3-7-15-28)36-25-13-12-20-33(32)36)40(37,38-30-16-8-4-9-17-30)39-31-18-10-5-11-19-31/h3-26,35H,2H2,1H3. The number of aryl methyl sites for hydroxylation is 1. The molecule has 0 spiro atoms.